The Labute approximate surface area is 189 Å². The van der Waals surface area contributed by atoms with Gasteiger partial charge in [0.1, 0.15) is 0 Å². The Bertz CT molecular complexity index is 1020. The number of hydrogen-bond donors (Lipinski definition) is 1. The third kappa shape index (κ3) is 5.75. The fraction of sp³-hybridized carbons (Fsp3) is 0.360. The van der Waals surface area contributed by atoms with E-state index in [4.69, 9.17) is 11.6 Å². The molecule has 1 saturated heterocycles. The Morgan fingerprint density at radius 1 is 1.10 bits per heavy atom. The van der Waals surface area contributed by atoms with E-state index in [2.05, 4.69) is 46.5 Å². The number of carbonyl (C=O) groups is 1. The number of likely N-dealkylation sites (N-methyl/N-ethyl adjacent to an activating group) is 1. The minimum absolute atomic E-state index is 0.139. The zero-order chi connectivity index (χ0) is 21.6. The first kappa shape index (κ1) is 21.6. The summed E-state index contributed by atoms with van der Waals surface area (Å²) in [4.78, 5) is 21.5. The van der Waals surface area contributed by atoms with Gasteiger partial charge in [-0.05, 0) is 49.7 Å². The van der Waals surface area contributed by atoms with Crippen molar-refractivity contribution in [3.63, 3.8) is 0 Å². The third-order valence-corrected chi connectivity index (χ3v) is 6.19. The lowest BCUT2D eigenvalue weighted by atomic mass is 10.0. The van der Waals surface area contributed by atoms with E-state index in [0.29, 0.717) is 11.4 Å². The Morgan fingerprint density at radius 3 is 2.65 bits per heavy atom. The van der Waals surface area contributed by atoms with Crippen molar-refractivity contribution in [3.8, 4) is 0 Å². The van der Waals surface area contributed by atoms with E-state index in [-0.39, 0.29) is 11.9 Å². The molecular formula is C25H29ClN4O. The molecule has 0 bridgehead atoms. The second-order valence-corrected chi connectivity index (χ2v) is 8.71. The number of hydrogen-bond acceptors (Lipinski definition) is 4. The Hall–Kier alpha value is -2.63. The number of fused-ring (bicyclic) bond motifs is 1. The molecule has 0 saturated carbocycles. The largest absolute Gasteiger partial charge is 0.381 e. The average molecular weight is 437 g/mol. The summed E-state index contributed by atoms with van der Waals surface area (Å²) < 4.78 is 0. The van der Waals surface area contributed by atoms with Crippen LogP contribution < -0.4 is 5.32 Å². The number of benzene rings is 2. The molecule has 2 aromatic carbocycles. The van der Waals surface area contributed by atoms with Crippen LogP contribution in [0.5, 0.6) is 0 Å². The lowest BCUT2D eigenvalue weighted by molar-refractivity contribution is -0.132. The molecular weight excluding hydrogens is 408 g/mol. The van der Waals surface area contributed by atoms with Crippen LogP contribution in [0.15, 0.2) is 60.8 Å². The molecule has 2 heterocycles. The summed E-state index contributed by atoms with van der Waals surface area (Å²) in [6.07, 6.45) is 3.98. The van der Waals surface area contributed by atoms with Crippen LogP contribution in [-0.4, -0.2) is 60.0 Å². The summed E-state index contributed by atoms with van der Waals surface area (Å²) in [6, 6.07) is 18.3. The standard InChI is InChI=1S/C25H29ClN4O/c1-29-13-15-30(16-14-29)25(31)10-8-21(17-19-5-3-2-4-6-19)28-23-11-12-27-24-18-20(26)7-9-22(23)24/h2-7,9,11-12,18,21H,8,10,13-17H2,1H3,(H,27,28)/t21-/m1/s1. The zero-order valence-electron chi connectivity index (χ0n) is 17.9. The number of pyridine rings is 1. The molecule has 1 aliphatic rings. The van der Waals surface area contributed by atoms with Crippen molar-refractivity contribution in [2.45, 2.75) is 25.3 Å². The van der Waals surface area contributed by atoms with Crippen LogP contribution in [-0.2, 0) is 11.2 Å². The minimum Gasteiger partial charge on any atom is -0.381 e. The van der Waals surface area contributed by atoms with Crippen molar-refractivity contribution in [3.05, 3.63) is 71.4 Å². The molecule has 3 aromatic rings. The molecule has 1 aliphatic heterocycles. The molecule has 0 radical (unpaired) electrons. The number of amides is 1. The van der Waals surface area contributed by atoms with Crippen LogP contribution >= 0.6 is 11.6 Å². The lowest BCUT2D eigenvalue weighted by Gasteiger charge is -2.33. The van der Waals surface area contributed by atoms with Gasteiger partial charge in [-0.15, -0.1) is 0 Å². The number of halogens is 1. The summed E-state index contributed by atoms with van der Waals surface area (Å²) in [7, 11) is 2.11. The van der Waals surface area contributed by atoms with Crippen molar-refractivity contribution in [2.75, 3.05) is 38.5 Å². The highest BCUT2D eigenvalue weighted by Crippen LogP contribution is 2.26. The smallest absolute Gasteiger partial charge is 0.222 e. The molecule has 1 amide bonds. The van der Waals surface area contributed by atoms with E-state index < -0.39 is 0 Å². The van der Waals surface area contributed by atoms with Gasteiger partial charge in [-0.3, -0.25) is 9.78 Å². The molecule has 162 valence electrons. The molecule has 1 aromatic heterocycles. The van der Waals surface area contributed by atoms with Crippen LogP contribution in [0.1, 0.15) is 18.4 Å². The maximum atomic E-state index is 12.8. The van der Waals surface area contributed by atoms with E-state index in [1.165, 1.54) is 5.56 Å². The fourth-order valence-corrected chi connectivity index (χ4v) is 4.27. The normalized spacial score (nSPS) is 15.7. The van der Waals surface area contributed by atoms with Crippen molar-refractivity contribution < 1.29 is 4.79 Å². The topological polar surface area (TPSA) is 48.5 Å². The highest BCUT2D eigenvalue weighted by Gasteiger charge is 2.21. The van der Waals surface area contributed by atoms with E-state index >= 15 is 0 Å². The highest BCUT2D eigenvalue weighted by molar-refractivity contribution is 6.31. The first-order chi connectivity index (χ1) is 15.1. The number of nitrogens with one attached hydrogen (secondary N) is 1. The minimum atomic E-state index is 0.139. The van der Waals surface area contributed by atoms with Gasteiger partial charge < -0.3 is 15.1 Å². The molecule has 1 atom stereocenters. The van der Waals surface area contributed by atoms with Crippen molar-refractivity contribution in [2.24, 2.45) is 0 Å². The maximum Gasteiger partial charge on any atom is 0.222 e. The van der Waals surface area contributed by atoms with E-state index in [9.17, 15) is 4.79 Å². The molecule has 0 unspecified atom stereocenters. The molecule has 0 spiro atoms. The summed E-state index contributed by atoms with van der Waals surface area (Å²) >= 11 is 6.15. The Morgan fingerprint density at radius 2 is 1.87 bits per heavy atom. The summed E-state index contributed by atoms with van der Waals surface area (Å²) in [5, 5.41) is 5.41. The van der Waals surface area contributed by atoms with Crippen molar-refractivity contribution in [1.82, 2.24) is 14.8 Å². The SMILES string of the molecule is CN1CCN(C(=O)CC[C@H](Cc2ccccc2)Nc2ccnc3cc(Cl)ccc23)CC1. The van der Waals surface area contributed by atoms with E-state index in [0.717, 1.165) is 55.6 Å². The van der Waals surface area contributed by atoms with Crippen LogP contribution in [0, 0.1) is 0 Å². The Kier molecular flexibility index (Phi) is 7.05. The highest BCUT2D eigenvalue weighted by atomic mass is 35.5. The van der Waals surface area contributed by atoms with Gasteiger partial charge in [-0.2, -0.15) is 0 Å². The number of carbonyl (C=O) groups excluding carboxylic acids is 1. The summed E-state index contributed by atoms with van der Waals surface area (Å²) in [5.41, 5.74) is 3.15. The number of rotatable bonds is 7. The van der Waals surface area contributed by atoms with Gasteiger partial charge in [-0.25, -0.2) is 0 Å². The van der Waals surface area contributed by atoms with Gasteiger partial charge in [0.15, 0.2) is 0 Å². The third-order valence-electron chi connectivity index (χ3n) is 5.95. The zero-order valence-corrected chi connectivity index (χ0v) is 18.7. The molecule has 6 heteroatoms. The van der Waals surface area contributed by atoms with Crippen molar-refractivity contribution >= 4 is 34.1 Å². The predicted molar refractivity (Wildman–Crippen MR) is 128 cm³/mol. The first-order valence-corrected chi connectivity index (χ1v) is 11.3. The molecule has 4 rings (SSSR count). The first-order valence-electron chi connectivity index (χ1n) is 10.9. The van der Waals surface area contributed by atoms with Crippen LogP contribution in [0.3, 0.4) is 0 Å². The molecule has 0 aliphatic carbocycles. The van der Waals surface area contributed by atoms with Crippen LogP contribution in [0.2, 0.25) is 5.02 Å². The monoisotopic (exact) mass is 436 g/mol. The van der Waals surface area contributed by atoms with Gasteiger partial charge in [0.2, 0.25) is 5.91 Å². The Balaban J connectivity index is 1.49. The van der Waals surface area contributed by atoms with Gasteiger partial charge in [0, 0.05) is 60.9 Å². The van der Waals surface area contributed by atoms with Crippen LogP contribution in [0.4, 0.5) is 5.69 Å². The van der Waals surface area contributed by atoms with E-state index in [1.54, 1.807) is 6.20 Å². The van der Waals surface area contributed by atoms with Gasteiger partial charge in [0.05, 0.1) is 5.52 Å². The molecule has 31 heavy (non-hydrogen) atoms. The quantitative estimate of drug-likeness (QED) is 0.593. The van der Waals surface area contributed by atoms with E-state index in [1.807, 2.05) is 35.2 Å². The molecule has 1 N–H and O–H groups in total. The summed E-state index contributed by atoms with van der Waals surface area (Å²) in [5.74, 6) is 0.249. The number of piperazine rings is 1. The maximum absolute atomic E-state index is 12.8. The van der Waals surface area contributed by atoms with Gasteiger partial charge >= 0.3 is 0 Å². The number of aromatic nitrogens is 1. The molecule has 5 nitrogen and oxygen atoms in total. The fourth-order valence-electron chi connectivity index (χ4n) is 4.10. The number of nitrogens with zero attached hydrogens (tertiary/aromatic N) is 3. The predicted octanol–water partition coefficient (Wildman–Crippen LogP) is 4.47. The summed E-state index contributed by atoms with van der Waals surface area (Å²) in [6.45, 7) is 3.54. The molecule has 1 fully saturated rings. The van der Waals surface area contributed by atoms with Crippen LogP contribution in [0.25, 0.3) is 10.9 Å². The second kappa shape index (κ2) is 10.1. The lowest BCUT2D eigenvalue weighted by Crippen LogP contribution is -2.47. The number of anilines is 1. The van der Waals surface area contributed by atoms with Crippen molar-refractivity contribution in [1.29, 1.82) is 0 Å². The van der Waals surface area contributed by atoms with Gasteiger partial charge in [-0.1, -0.05) is 41.9 Å². The average Bonchev–Trinajstić information content (AvgIpc) is 2.78. The van der Waals surface area contributed by atoms with Gasteiger partial charge in [0.25, 0.3) is 0 Å². The second-order valence-electron chi connectivity index (χ2n) is 8.27.